The summed E-state index contributed by atoms with van der Waals surface area (Å²) < 4.78 is 14.2. The Morgan fingerprint density at radius 2 is 1.67 bits per heavy atom. The van der Waals surface area contributed by atoms with Crippen LogP contribution in [-0.4, -0.2) is 126 Å². The van der Waals surface area contributed by atoms with E-state index in [1.807, 2.05) is 50.5 Å². The minimum atomic E-state index is -1.98. The molecule has 2 saturated heterocycles. The molecule has 6 rings (SSSR count). The van der Waals surface area contributed by atoms with Crippen molar-refractivity contribution in [1.82, 2.24) is 30.3 Å². The number of alkyl halides is 1. The second kappa shape index (κ2) is 17.1. The molecule has 2 aliphatic heterocycles. The molecule has 2 saturated carbocycles. The lowest BCUT2D eigenvalue weighted by Crippen LogP contribution is -2.61. The molecule has 12 nitrogen and oxygen atoms in total. The average Bonchev–Trinajstić information content (AvgIpc) is 3.56. The van der Waals surface area contributed by atoms with Gasteiger partial charge in [0.05, 0.1) is 22.2 Å². The second-order valence-corrected chi connectivity index (χ2v) is 19.4. The predicted octanol–water partition coefficient (Wildman–Crippen LogP) is 5.07. The number of aromatic nitrogens is 1. The number of piperazine rings is 1. The van der Waals surface area contributed by atoms with Crippen molar-refractivity contribution in [3.63, 3.8) is 0 Å². The standard InChI is InChI=1S/C40H57FN6O6S2/c1-24-18-45(38(52)53)19-25(2)46(24)20-28-6-8-29(9-7-28)22-55-39(4,5)34(44-37(51)40(41)14-15-40)36(50)47-21-31(48)16-32(47)35(49)42-17-27-10-12-30(13-11-27)33-26(3)43-23-54-33/h10-13,23-25,28-29,31-32,34,48H,6-9,14-22H2,1-5H3,(H,42,49)(H,44,51)(H,52,53)/t24-,25+,28?,29?,31-,32+,34+/m1/s1. The van der Waals surface area contributed by atoms with Crippen LogP contribution in [0, 0.1) is 18.8 Å². The number of aliphatic hydroxyl groups is 1. The Labute approximate surface area is 332 Å². The number of thioether (sulfide) groups is 1. The van der Waals surface area contributed by atoms with Crippen LogP contribution in [0.4, 0.5) is 9.18 Å². The van der Waals surface area contributed by atoms with Gasteiger partial charge in [-0.25, -0.2) is 14.2 Å². The molecule has 302 valence electrons. The molecule has 3 heterocycles. The lowest BCUT2D eigenvalue weighted by atomic mass is 9.82. The Morgan fingerprint density at radius 1 is 1.04 bits per heavy atom. The molecule has 2 aliphatic carbocycles. The van der Waals surface area contributed by atoms with E-state index in [1.165, 1.54) is 9.80 Å². The van der Waals surface area contributed by atoms with Gasteiger partial charge in [-0.2, -0.15) is 11.8 Å². The summed E-state index contributed by atoms with van der Waals surface area (Å²) in [7, 11) is 0. The van der Waals surface area contributed by atoms with E-state index in [4.69, 9.17) is 0 Å². The van der Waals surface area contributed by atoms with Gasteiger partial charge in [-0.05, 0) is 102 Å². The molecule has 0 radical (unpaired) electrons. The first-order valence-electron chi connectivity index (χ1n) is 19.7. The summed E-state index contributed by atoms with van der Waals surface area (Å²) in [5.74, 6) is 0.0139. The lowest BCUT2D eigenvalue weighted by Gasteiger charge is -2.45. The van der Waals surface area contributed by atoms with Crippen LogP contribution in [0.1, 0.15) is 83.9 Å². The molecule has 0 bridgehead atoms. The number of aryl methyl sites for hydroxylation is 1. The minimum absolute atomic E-state index is 0.0553. The van der Waals surface area contributed by atoms with Crippen LogP contribution < -0.4 is 10.6 Å². The van der Waals surface area contributed by atoms with Gasteiger partial charge in [0.2, 0.25) is 11.8 Å². The van der Waals surface area contributed by atoms with E-state index in [2.05, 4.69) is 34.4 Å². The maximum Gasteiger partial charge on any atom is 0.407 e. The smallest absolute Gasteiger partial charge is 0.407 e. The molecule has 4 N–H and O–H groups in total. The number of hydrogen-bond donors (Lipinski definition) is 4. The van der Waals surface area contributed by atoms with Crippen LogP contribution >= 0.6 is 23.1 Å². The van der Waals surface area contributed by atoms with E-state index in [1.54, 1.807) is 23.1 Å². The molecule has 0 spiro atoms. The molecule has 5 atom stereocenters. The van der Waals surface area contributed by atoms with Crippen molar-refractivity contribution in [2.75, 3.05) is 31.9 Å². The van der Waals surface area contributed by atoms with Crippen molar-refractivity contribution in [3.05, 3.63) is 41.0 Å². The molecular weight excluding hydrogens is 744 g/mol. The second-order valence-electron chi connectivity index (χ2n) is 16.8. The summed E-state index contributed by atoms with van der Waals surface area (Å²) in [6.07, 6.45) is 2.70. The number of aliphatic hydroxyl groups excluding tert-OH is 1. The number of hydrogen-bond acceptors (Lipinski definition) is 9. The molecule has 1 aromatic carbocycles. The van der Waals surface area contributed by atoms with Crippen molar-refractivity contribution in [2.24, 2.45) is 11.8 Å². The number of β-amino-alcohol motifs (C(OH)–C–C–N with tert-alkyl or cyclic N) is 1. The summed E-state index contributed by atoms with van der Waals surface area (Å²) in [5.41, 5.74) is 2.71. The van der Waals surface area contributed by atoms with Crippen LogP contribution in [0.15, 0.2) is 29.8 Å². The van der Waals surface area contributed by atoms with E-state index in [9.17, 15) is 29.4 Å². The van der Waals surface area contributed by atoms with Crippen LogP contribution in [0.25, 0.3) is 10.4 Å². The number of nitrogens with one attached hydrogen (secondary N) is 2. The van der Waals surface area contributed by atoms with Gasteiger partial charge in [0.1, 0.15) is 12.1 Å². The van der Waals surface area contributed by atoms with Crippen molar-refractivity contribution in [2.45, 2.75) is 127 Å². The first-order valence-corrected chi connectivity index (χ1v) is 21.5. The zero-order valence-corrected chi connectivity index (χ0v) is 34.3. The molecule has 1 aromatic heterocycles. The number of carbonyl (C=O) groups excluding carboxylic acids is 3. The molecule has 15 heteroatoms. The highest BCUT2D eigenvalue weighted by Gasteiger charge is 2.54. The van der Waals surface area contributed by atoms with Crippen LogP contribution in [0.5, 0.6) is 0 Å². The lowest BCUT2D eigenvalue weighted by molar-refractivity contribution is -0.143. The topological polar surface area (TPSA) is 155 Å². The van der Waals surface area contributed by atoms with E-state index < -0.39 is 52.4 Å². The van der Waals surface area contributed by atoms with E-state index in [0.29, 0.717) is 24.9 Å². The average molecular weight is 801 g/mol. The summed E-state index contributed by atoms with van der Waals surface area (Å²) in [6.45, 7) is 12.1. The summed E-state index contributed by atoms with van der Waals surface area (Å²) in [4.78, 5) is 63.4. The summed E-state index contributed by atoms with van der Waals surface area (Å²) in [5, 5.41) is 25.9. The molecule has 4 fully saturated rings. The van der Waals surface area contributed by atoms with Gasteiger partial charge in [0.15, 0.2) is 5.67 Å². The van der Waals surface area contributed by atoms with Gasteiger partial charge in [-0.3, -0.25) is 19.3 Å². The highest BCUT2D eigenvalue weighted by Crippen LogP contribution is 2.42. The monoisotopic (exact) mass is 800 g/mol. The third-order valence-electron chi connectivity index (χ3n) is 12.1. The van der Waals surface area contributed by atoms with Gasteiger partial charge in [0, 0.05) is 56.0 Å². The molecule has 4 aliphatic rings. The van der Waals surface area contributed by atoms with E-state index in [0.717, 1.165) is 59.7 Å². The largest absolute Gasteiger partial charge is 0.465 e. The maximum atomic E-state index is 15.0. The summed E-state index contributed by atoms with van der Waals surface area (Å²) in [6, 6.07) is 6.14. The maximum absolute atomic E-state index is 15.0. The van der Waals surface area contributed by atoms with Gasteiger partial charge in [-0.1, -0.05) is 24.3 Å². The Kier molecular flexibility index (Phi) is 12.8. The van der Waals surface area contributed by atoms with Crippen LogP contribution in [0.2, 0.25) is 0 Å². The van der Waals surface area contributed by atoms with Crippen molar-refractivity contribution >= 4 is 46.9 Å². The Bertz CT molecular complexity index is 1680. The Balaban J connectivity index is 1.06. The molecular formula is C40H57FN6O6S2. The number of carbonyl (C=O) groups is 4. The highest BCUT2D eigenvalue weighted by atomic mass is 32.2. The fraction of sp³-hybridized carbons (Fsp3) is 0.675. The van der Waals surface area contributed by atoms with Crippen molar-refractivity contribution < 1.29 is 33.8 Å². The quantitative estimate of drug-likeness (QED) is 0.217. The SMILES string of the molecule is Cc1ncsc1-c1ccc(CNC(=O)[C@@H]2C[C@@H](O)CN2C(=O)[C@H](NC(=O)C2(F)CC2)C(C)(C)SCC2CCC(CN3[C@H](C)CN(C(=O)O)C[C@@H]3C)CC2)cc1. The zero-order valence-electron chi connectivity index (χ0n) is 32.6. The van der Waals surface area contributed by atoms with E-state index in [-0.39, 0.29) is 44.4 Å². The van der Waals surface area contributed by atoms with Crippen molar-refractivity contribution in [3.8, 4) is 10.4 Å². The van der Waals surface area contributed by atoms with E-state index >= 15 is 4.39 Å². The van der Waals surface area contributed by atoms with Gasteiger partial charge >= 0.3 is 6.09 Å². The number of halogens is 1. The molecule has 55 heavy (non-hydrogen) atoms. The number of carboxylic acid groups (broad SMARTS) is 1. The van der Waals surface area contributed by atoms with Gasteiger partial charge in [0.25, 0.3) is 5.91 Å². The molecule has 2 aromatic rings. The fourth-order valence-corrected chi connectivity index (χ4v) is 10.6. The number of rotatable bonds is 13. The Morgan fingerprint density at radius 3 is 2.25 bits per heavy atom. The van der Waals surface area contributed by atoms with Crippen LogP contribution in [0.3, 0.4) is 0 Å². The number of amides is 4. The Hall–Kier alpha value is -3.27. The van der Waals surface area contributed by atoms with Gasteiger partial charge < -0.3 is 30.6 Å². The first-order chi connectivity index (χ1) is 26.0. The van der Waals surface area contributed by atoms with Gasteiger partial charge in [-0.15, -0.1) is 11.3 Å². The zero-order chi connectivity index (χ0) is 39.7. The predicted molar refractivity (Wildman–Crippen MR) is 212 cm³/mol. The number of likely N-dealkylation sites (tertiary alicyclic amines) is 1. The molecule has 0 unspecified atom stereocenters. The highest BCUT2D eigenvalue weighted by molar-refractivity contribution is 8.00. The van der Waals surface area contributed by atoms with Crippen LogP contribution in [-0.2, 0) is 20.9 Å². The number of thiazole rings is 1. The normalized spacial score (nSPS) is 27.4. The third kappa shape index (κ3) is 9.82. The minimum Gasteiger partial charge on any atom is -0.465 e. The molecule has 4 amide bonds. The first kappa shape index (κ1) is 41.4. The fourth-order valence-electron chi connectivity index (χ4n) is 8.43. The summed E-state index contributed by atoms with van der Waals surface area (Å²) >= 11 is 3.16. The number of benzene rings is 1. The number of nitrogens with zero attached hydrogens (tertiary/aromatic N) is 4. The third-order valence-corrected chi connectivity index (χ3v) is 14.7. The van der Waals surface area contributed by atoms with Crippen molar-refractivity contribution in [1.29, 1.82) is 0 Å².